The Kier molecular flexibility index (Phi) is 5.81. The third-order valence-corrected chi connectivity index (χ3v) is 3.49. The van der Waals surface area contributed by atoms with Gasteiger partial charge in [-0.1, -0.05) is 39.5 Å². The third kappa shape index (κ3) is 4.52. The molecule has 3 heteroatoms. The molecular formula is C13H26N2O. The summed E-state index contributed by atoms with van der Waals surface area (Å²) < 4.78 is 0. The van der Waals surface area contributed by atoms with Crippen LogP contribution in [0.5, 0.6) is 0 Å². The van der Waals surface area contributed by atoms with E-state index in [4.69, 9.17) is 5.73 Å². The molecule has 0 aromatic rings. The molecule has 0 aromatic heterocycles. The van der Waals surface area contributed by atoms with Crippen LogP contribution in [0.1, 0.15) is 58.8 Å². The summed E-state index contributed by atoms with van der Waals surface area (Å²) >= 11 is 0. The van der Waals surface area contributed by atoms with Gasteiger partial charge in [-0.15, -0.1) is 0 Å². The van der Waals surface area contributed by atoms with Crippen LogP contribution in [0.25, 0.3) is 0 Å². The molecule has 1 rings (SSSR count). The number of unbranched alkanes of at least 4 members (excludes halogenated alkanes) is 1. The summed E-state index contributed by atoms with van der Waals surface area (Å²) in [6, 6.07) is 0.0566. The highest BCUT2D eigenvalue weighted by Gasteiger charge is 2.22. The van der Waals surface area contributed by atoms with Gasteiger partial charge in [0, 0.05) is 6.04 Å². The number of nitrogens with one attached hydrogen (secondary N) is 1. The lowest BCUT2D eigenvalue weighted by molar-refractivity contribution is -0.123. The van der Waals surface area contributed by atoms with Gasteiger partial charge in [-0.25, -0.2) is 0 Å². The van der Waals surface area contributed by atoms with Gasteiger partial charge in [0.2, 0.25) is 5.91 Å². The molecule has 0 aliphatic heterocycles. The van der Waals surface area contributed by atoms with Gasteiger partial charge >= 0.3 is 0 Å². The standard InChI is InChI=1S/C13H26N2O/c1-3-4-8-12(14)13(16)15-11-7-5-6-10(2)9-11/h10-12H,3-9,14H2,1-2H3,(H,15,16)/t10-,11-,12-/m0/s1. The minimum Gasteiger partial charge on any atom is -0.352 e. The zero-order valence-corrected chi connectivity index (χ0v) is 10.7. The Hall–Kier alpha value is -0.570. The Morgan fingerprint density at radius 1 is 1.50 bits per heavy atom. The molecule has 0 radical (unpaired) electrons. The van der Waals surface area contributed by atoms with E-state index in [2.05, 4.69) is 19.2 Å². The summed E-state index contributed by atoms with van der Waals surface area (Å²) in [5.41, 5.74) is 5.84. The highest BCUT2D eigenvalue weighted by atomic mass is 16.2. The quantitative estimate of drug-likeness (QED) is 0.755. The van der Waals surface area contributed by atoms with E-state index < -0.39 is 0 Å². The van der Waals surface area contributed by atoms with E-state index in [-0.39, 0.29) is 11.9 Å². The highest BCUT2D eigenvalue weighted by Crippen LogP contribution is 2.23. The molecule has 3 N–H and O–H groups in total. The van der Waals surface area contributed by atoms with E-state index in [0.29, 0.717) is 6.04 Å². The van der Waals surface area contributed by atoms with Gasteiger partial charge in [0.15, 0.2) is 0 Å². The second-order valence-electron chi connectivity index (χ2n) is 5.23. The second-order valence-corrected chi connectivity index (χ2v) is 5.23. The monoisotopic (exact) mass is 226 g/mol. The summed E-state index contributed by atoms with van der Waals surface area (Å²) in [6.45, 7) is 4.38. The van der Waals surface area contributed by atoms with Gasteiger partial charge in [-0.2, -0.15) is 0 Å². The Morgan fingerprint density at radius 3 is 2.88 bits per heavy atom. The van der Waals surface area contributed by atoms with Crippen LogP contribution in [0, 0.1) is 5.92 Å². The van der Waals surface area contributed by atoms with Gasteiger partial charge in [0.1, 0.15) is 0 Å². The zero-order chi connectivity index (χ0) is 12.0. The maximum absolute atomic E-state index is 11.8. The fraction of sp³-hybridized carbons (Fsp3) is 0.923. The van der Waals surface area contributed by atoms with Crippen LogP contribution in [0.4, 0.5) is 0 Å². The zero-order valence-electron chi connectivity index (χ0n) is 10.7. The largest absolute Gasteiger partial charge is 0.352 e. The molecule has 0 bridgehead atoms. The number of hydrogen-bond acceptors (Lipinski definition) is 2. The predicted octanol–water partition coefficient (Wildman–Crippen LogP) is 2.20. The van der Waals surface area contributed by atoms with Crippen molar-refractivity contribution >= 4 is 5.91 Å². The average molecular weight is 226 g/mol. The van der Waals surface area contributed by atoms with Crippen molar-refractivity contribution < 1.29 is 4.79 Å². The molecule has 1 amide bonds. The highest BCUT2D eigenvalue weighted by molar-refractivity contribution is 5.81. The van der Waals surface area contributed by atoms with E-state index in [1.54, 1.807) is 0 Å². The van der Waals surface area contributed by atoms with Crippen molar-refractivity contribution in [2.24, 2.45) is 11.7 Å². The van der Waals surface area contributed by atoms with Crippen LogP contribution in [0.2, 0.25) is 0 Å². The van der Waals surface area contributed by atoms with Crippen molar-refractivity contribution in [3.63, 3.8) is 0 Å². The van der Waals surface area contributed by atoms with E-state index in [0.717, 1.165) is 38.0 Å². The summed E-state index contributed by atoms with van der Waals surface area (Å²) in [5, 5.41) is 3.09. The van der Waals surface area contributed by atoms with E-state index in [1.807, 2.05) is 0 Å². The molecule has 1 fully saturated rings. The van der Waals surface area contributed by atoms with Gasteiger partial charge in [0.25, 0.3) is 0 Å². The van der Waals surface area contributed by atoms with Crippen molar-refractivity contribution in [3.05, 3.63) is 0 Å². The lowest BCUT2D eigenvalue weighted by atomic mass is 9.87. The molecule has 0 unspecified atom stereocenters. The van der Waals surface area contributed by atoms with Gasteiger partial charge in [-0.3, -0.25) is 4.79 Å². The molecule has 0 spiro atoms. The minimum atomic E-state index is -0.308. The first kappa shape index (κ1) is 13.5. The Bertz CT molecular complexity index is 218. The summed E-state index contributed by atoms with van der Waals surface area (Å²) in [4.78, 5) is 11.8. The van der Waals surface area contributed by atoms with Gasteiger partial charge < -0.3 is 11.1 Å². The average Bonchev–Trinajstić information content (AvgIpc) is 2.25. The first-order chi connectivity index (χ1) is 7.63. The fourth-order valence-corrected chi connectivity index (χ4v) is 2.43. The van der Waals surface area contributed by atoms with Crippen molar-refractivity contribution in [2.75, 3.05) is 0 Å². The second kappa shape index (κ2) is 6.89. The molecular weight excluding hydrogens is 200 g/mol. The van der Waals surface area contributed by atoms with Crippen LogP contribution >= 0.6 is 0 Å². The number of carbonyl (C=O) groups is 1. The molecule has 0 aromatic carbocycles. The lowest BCUT2D eigenvalue weighted by Crippen LogP contribution is -2.46. The maximum Gasteiger partial charge on any atom is 0.237 e. The van der Waals surface area contributed by atoms with Crippen LogP contribution < -0.4 is 11.1 Å². The number of hydrogen-bond donors (Lipinski definition) is 2. The van der Waals surface area contributed by atoms with E-state index in [9.17, 15) is 4.79 Å². The summed E-state index contributed by atoms with van der Waals surface area (Å²) in [6.07, 6.45) is 7.72. The number of carbonyl (C=O) groups excluding carboxylic acids is 1. The summed E-state index contributed by atoms with van der Waals surface area (Å²) in [5.74, 6) is 0.790. The van der Waals surface area contributed by atoms with Crippen molar-refractivity contribution in [2.45, 2.75) is 70.9 Å². The third-order valence-electron chi connectivity index (χ3n) is 3.49. The molecule has 0 heterocycles. The molecule has 94 valence electrons. The molecule has 1 aliphatic carbocycles. The first-order valence-electron chi connectivity index (χ1n) is 6.69. The van der Waals surface area contributed by atoms with E-state index >= 15 is 0 Å². The smallest absolute Gasteiger partial charge is 0.237 e. The molecule has 1 saturated carbocycles. The normalized spacial score (nSPS) is 27.4. The Labute approximate surface area is 99.2 Å². The first-order valence-corrected chi connectivity index (χ1v) is 6.69. The molecule has 1 aliphatic rings. The molecule has 3 nitrogen and oxygen atoms in total. The van der Waals surface area contributed by atoms with Crippen LogP contribution in [-0.4, -0.2) is 18.0 Å². The number of rotatable bonds is 5. The summed E-state index contributed by atoms with van der Waals surface area (Å²) in [7, 11) is 0. The molecule has 3 atom stereocenters. The van der Waals surface area contributed by atoms with Gasteiger partial charge in [0.05, 0.1) is 6.04 Å². The number of amides is 1. The minimum absolute atomic E-state index is 0.0487. The van der Waals surface area contributed by atoms with E-state index in [1.165, 1.54) is 12.8 Å². The topological polar surface area (TPSA) is 55.1 Å². The van der Waals surface area contributed by atoms with Gasteiger partial charge in [-0.05, 0) is 25.2 Å². The molecule has 16 heavy (non-hydrogen) atoms. The van der Waals surface area contributed by atoms with Crippen molar-refractivity contribution in [3.8, 4) is 0 Å². The van der Waals surface area contributed by atoms with Crippen molar-refractivity contribution in [1.82, 2.24) is 5.32 Å². The van der Waals surface area contributed by atoms with Crippen LogP contribution in [-0.2, 0) is 4.79 Å². The number of nitrogens with two attached hydrogens (primary N) is 1. The lowest BCUT2D eigenvalue weighted by Gasteiger charge is -2.28. The predicted molar refractivity (Wildman–Crippen MR) is 67.1 cm³/mol. The van der Waals surface area contributed by atoms with Crippen molar-refractivity contribution in [1.29, 1.82) is 0 Å². The Balaban J connectivity index is 2.26. The fourth-order valence-electron chi connectivity index (χ4n) is 2.43. The Morgan fingerprint density at radius 2 is 2.25 bits per heavy atom. The van der Waals surface area contributed by atoms with Crippen LogP contribution in [0.3, 0.4) is 0 Å². The molecule has 0 saturated heterocycles. The van der Waals surface area contributed by atoms with Crippen LogP contribution in [0.15, 0.2) is 0 Å². The SMILES string of the molecule is CCCC[C@H](N)C(=O)N[C@H]1CCC[C@H](C)C1. The maximum atomic E-state index is 11.8.